The number of amides is 1. The molecule has 2 aromatic rings. The van der Waals surface area contributed by atoms with E-state index in [1.54, 1.807) is 19.1 Å². The molecule has 0 radical (unpaired) electrons. The van der Waals surface area contributed by atoms with Crippen LogP contribution < -0.4 is 10.6 Å². The van der Waals surface area contributed by atoms with E-state index in [0.29, 0.717) is 10.7 Å². The second-order valence-corrected chi connectivity index (χ2v) is 5.09. The minimum absolute atomic E-state index is 0.178. The Morgan fingerprint density at radius 2 is 2.24 bits per heavy atom. The van der Waals surface area contributed by atoms with Crippen molar-refractivity contribution in [1.82, 2.24) is 14.8 Å². The summed E-state index contributed by atoms with van der Waals surface area (Å²) in [5, 5.41) is 10.7. The van der Waals surface area contributed by atoms with E-state index in [9.17, 15) is 4.79 Å². The molecule has 6 nitrogen and oxygen atoms in total. The number of aromatic nitrogens is 3. The van der Waals surface area contributed by atoms with Crippen molar-refractivity contribution in [3.63, 3.8) is 0 Å². The lowest BCUT2D eigenvalue weighted by Gasteiger charge is -2.16. The van der Waals surface area contributed by atoms with Gasteiger partial charge in [0.1, 0.15) is 18.7 Å². The first-order chi connectivity index (χ1) is 10.1. The van der Waals surface area contributed by atoms with Crippen LogP contribution in [0.1, 0.15) is 26.3 Å². The molecule has 1 aromatic heterocycles. The molecule has 0 aliphatic heterocycles. The Morgan fingerprint density at radius 3 is 2.90 bits per heavy atom. The second kappa shape index (κ2) is 7.08. The van der Waals surface area contributed by atoms with E-state index in [-0.39, 0.29) is 5.91 Å². The summed E-state index contributed by atoms with van der Waals surface area (Å²) >= 11 is 6.01. The maximum absolute atomic E-state index is 12.3. The summed E-state index contributed by atoms with van der Waals surface area (Å²) in [4.78, 5) is 16.1. The predicted molar refractivity (Wildman–Crippen MR) is 83.6 cm³/mol. The third-order valence-corrected chi connectivity index (χ3v) is 3.25. The fourth-order valence-corrected chi connectivity index (χ4v) is 1.98. The van der Waals surface area contributed by atoms with E-state index in [1.165, 1.54) is 17.3 Å². The Kier molecular flexibility index (Phi) is 5.16. The quantitative estimate of drug-likeness (QED) is 0.860. The molecule has 0 aliphatic rings. The zero-order chi connectivity index (χ0) is 15.2. The van der Waals surface area contributed by atoms with Crippen molar-refractivity contribution in [1.29, 1.82) is 0 Å². The molecule has 1 heterocycles. The monoisotopic (exact) mass is 307 g/mol. The van der Waals surface area contributed by atoms with Crippen molar-refractivity contribution in [2.24, 2.45) is 0 Å². The first-order valence-corrected chi connectivity index (χ1v) is 7.18. The fraction of sp³-hybridized carbons (Fsp3) is 0.357. The van der Waals surface area contributed by atoms with E-state index < -0.39 is 6.04 Å². The SMILES string of the molecule is CCCNc1ccc(Cl)cc1NC(=O)C(C)n1cncn1. The third-order valence-electron chi connectivity index (χ3n) is 3.02. The van der Waals surface area contributed by atoms with Crippen molar-refractivity contribution in [3.8, 4) is 0 Å². The van der Waals surface area contributed by atoms with Gasteiger partial charge in [-0.1, -0.05) is 18.5 Å². The maximum Gasteiger partial charge on any atom is 0.249 e. The number of carbonyl (C=O) groups is 1. The minimum Gasteiger partial charge on any atom is -0.383 e. The van der Waals surface area contributed by atoms with Crippen LogP contribution >= 0.6 is 11.6 Å². The zero-order valence-electron chi connectivity index (χ0n) is 12.0. The summed E-state index contributed by atoms with van der Waals surface area (Å²) in [6.07, 6.45) is 3.90. The number of hydrogen-bond donors (Lipinski definition) is 2. The lowest BCUT2D eigenvalue weighted by atomic mass is 10.2. The van der Waals surface area contributed by atoms with E-state index in [2.05, 4.69) is 27.6 Å². The summed E-state index contributed by atoms with van der Waals surface area (Å²) in [7, 11) is 0. The molecule has 0 spiro atoms. The number of nitrogens with zero attached hydrogens (tertiary/aromatic N) is 3. The number of nitrogens with one attached hydrogen (secondary N) is 2. The highest BCUT2D eigenvalue weighted by atomic mass is 35.5. The van der Waals surface area contributed by atoms with Crippen molar-refractivity contribution >= 4 is 28.9 Å². The van der Waals surface area contributed by atoms with Crippen molar-refractivity contribution in [2.75, 3.05) is 17.2 Å². The molecule has 112 valence electrons. The highest BCUT2D eigenvalue weighted by Gasteiger charge is 2.17. The molecule has 0 aliphatic carbocycles. The van der Waals surface area contributed by atoms with Crippen LogP contribution in [0.3, 0.4) is 0 Å². The average Bonchev–Trinajstić information content (AvgIpc) is 2.99. The van der Waals surface area contributed by atoms with Crippen LogP contribution in [0.25, 0.3) is 0 Å². The van der Waals surface area contributed by atoms with Crippen LogP contribution in [0.2, 0.25) is 5.02 Å². The molecule has 21 heavy (non-hydrogen) atoms. The predicted octanol–water partition coefficient (Wildman–Crippen LogP) is 2.95. The Balaban J connectivity index is 2.14. The summed E-state index contributed by atoms with van der Waals surface area (Å²) < 4.78 is 1.50. The van der Waals surface area contributed by atoms with Gasteiger partial charge in [-0.3, -0.25) is 4.79 Å². The van der Waals surface area contributed by atoms with Gasteiger partial charge in [-0.2, -0.15) is 5.10 Å². The number of carbonyl (C=O) groups excluding carboxylic acids is 1. The molecule has 7 heteroatoms. The smallest absolute Gasteiger partial charge is 0.249 e. The molecular weight excluding hydrogens is 290 g/mol. The lowest BCUT2D eigenvalue weighted by molar-refractivity contribution is -0.119. The average molecular weight is 308 g/mol. The van der Waals surface area contributed by atoms with Gasteiger partial charge in [0.15, 0.2) is 0 Å². The Hall–Kier alpha value is -2.08. The van der Waals surface area contributed by atoms with E-state index in [1.807, 2.05) is 6.07 Å². The molecule has 2 N–H and O–H groups in total. The van der Waals surface area contributed by atoms with Gasteiger partial charge in [-0.25, -0.2) is 9.67 Å². The van der Waals surface area contributed by atoms with Crippen LogP contribution in [-0.4, -0.2) is 27.2 Å². The highest BCUT2D eigenvalue weighted by molar-refractivity contribution is 6.31. The molecule has 0 saturated carbocycles. The maximum atomic E-state index is 12.3. The Labute approximate surface area is 128 Å². The second-order valence-electron chi connectivity index (χ2n) is 4.66. The molecule has 1 atom stereocenters. The number of hydrogen-bond acceptors (Lipinski definition) is 4. The fourth-order valence-electron chi connectivity index (χ4n) is 1.81. The van der Waals surface area contributed by atoms with Gasteiger partial charge in [0.05, 0.1) is 11.4 Å². The molecule has 0 saturated heterocycles. The lowest BCUT2D eigenvalue weighted by Crippen LogP contribution is -2.24. The van der Waals surface area contributed by atoms with Gasteiger partial charge in [0.2, 0.25) is 5.91 Å². The van der Waals surface area contributed by atoms with Gasteiger partial charge in [-0.15, -0.1) is 0 Å². The summed E-state index contributed by atoms with van der Waals surface area (Å²) in [5.74, 6) is -0.178. The largest absolute Gasteiger partial charge is 0.383 e. The summed E-state index contributed by atoms with van der Waals surface area (Å²) in [5.41, 5.74) is 1.51. The summed E-state index contributed by atoms with van der Waals surface area (Å²) in [6, 6.07) is 4.92. The van der Waals surface area contributed by atoms with E-state index >= 15 is 0 Å². The molecule has 0 bridgehead atoms. The van der Waals surface area contributed by atoms with Gasteiger partial charge >= 0.3 is 0 Å². The van der Waals surface area contributed by atoms with Crippen LogP contribution in [0, 0.1) is 0 Å². The van der Waals surface area contributed by atoms with Gasteiger partial charge < -0.3 is 10.6 Å². The van der Waals surface area contributed by atoms with Gasteiger partial charge in [-0.05, 0) is 31.5 Å². The first-order valence-electron chi connectivity index (χ1n) is 6.80. The van der Waals surface area contributed by atoms with Crippen LogP contribution in [-0.2, 0) is 4.79 Å². The first kappa shape index (κ1) is 15.3. The van der Waals surface area contributed by atoms with Crippen molar-refractivity contribution in [2.45, 2.75) is 26.3 Å². The standard InChI is InChI=1S/C14H18ClN5O/c1-3-6-17-12-5-4-11(15)7-13(12)19-14(21)10(2)20-9-16-8-18-20/h4-5,7-10,17H,3,6H2,1-2H3,(H,19,21). The third kappa shape index (κ3) is 3.95. The van der Waals surface area contributed by atoms with Crippen molar-refractivity contribution < 1.29 is 4.79 Å². The Bertz CT molecular complexity index is 599. The summed E-state index contributed by atoms with van der Waals surface area (Å²) in [6.45, 7) is 4.66. The number of anilines is 2. The molecule has 1 aromatic carbocycles. The number of rotatable bonds is 6. The van der Waals surface area contributed by atoms with Crippen LogP contribution in [0.15, 0.2) is 30.9 Å². The van der Waals surface area contributed by atoms with Gasteiger partial charge in [0.25, 0.3) is 0 Å². The van der Waals surface area contributed by atoms with Crippen molar-refractivity contribution in [3.05, 3.63) is 35.9 Å². The zero-order valence-corrected chi connectivity index (χ0v) is 12.8. The van der Waals surface area contributed by atoms with Crippen LogP contribution in [0.5, 0.6) is 0 Å². The molecule has 0 fully saturated rings. The molecular formula is C14H18ClN5O. The highest BCUT2D eigenvalue weighted by Crippen LogP contribution is 2.26. The normalized spacial score (nSPS) is 12.0. The minimum atomic E-state index is -0.453. The topological polar surface area (TPSA) is 71.8 Å². The van der Waals surface area contributed by atoms with E-state index in [4.69, 9.17) is 11.6 Å². The number of halogens is 1. The molecule has 2 rings (SSSR count). The van der Waals surface area contributed by atoms with Gasteiger partial charge in [0, 0.05) is 11.6 Å². The van der Waals surface area contributed by atoms with Crippen LogP contribution in [0.4, 0.5) is 11.4 Å². The molecule has 1 amide bonds. The molecule has 1 unspecified atom stereocenters. The Morgan fingerprint density at radius 1 is 1.43 bits per heavy atom. The van der Waals surface area contributed by atoms with E-state index in [0.717, 1.165) is 18.7 Å². The number of benzene rings is 1.